The van der Waals surface area contributed by atoms with E-state index in [1.54, 1.807) is 30.3 Å². The van der Waals surface area contributed by atoms with E-state index in [4.69, 9.17) is 5.26 Å². The molecule has 0 bridgehead atoms. The van der Waals surface area contributed by atoms with Gasteiger partial charge < -0.3 is 5.32 Å². The number of hydrogen-bond donors (Lipinski definition) is 1. The fourth-order valence-electron chi connectivity index (χ4n) is 1.66. The molecule has 1 aromatic heterocycles. The number of carbonyl (C=O) groups excluding carboxylic acids is 1. The summed E-state index contributed by atoms with van der Waals surface area (Å²) in [6.07, 6.45) is 3.08. The Labute approximate surface area is 117 Å². The van der Waals surface area contributed by atoms with Gasteiger partial charge in [0.15, 0.2) is 0 Å². The Morgan fingerprint density at radius 2 is 2.10 bits per heavy atom. The lowest BCUT2D eigenvalue weighted by Gasteiger charge is -2.01. The molecule has 2 aromatic rings. The Balaban J connectivity index is 2.04. The van der Waals surface area contributed by atoms with Crippen LogP contribution in [0, 0.1) is 18.3 Å². The van der Waals surface area contributed by atoms with Gasteiger partial charge in [0.05, 0.1) is 11.6 Å². The summed E-state index contributed by atoms with van der Waals surface area (Å²) in [6.45, 7) is 1.86. The van der Waals surface area contributed by atoms with Crippen LogP contribution >= 0.6 is 0 Å². The highest BCUT2D eigenvalue weighted by atomic mass is 16.1. The number of benzene rings is 1. The van der Waals surface area contributed by atoms with Crippen molar-refractivity contribution < 1.29 is 4.79 Å². The van der Waals surface area contributed by atoms with Crippen molar-refractivity contribution in [3.05, 3.63) is 65.4 Å². The lowest BCUT2D eigenvalue weighted by molar-refractivity contribution is -0.111. The van der Waals surface area contributed by atoms with Crippen LogP contribution in [0.1, 0.15) is 16.8 Å². The molecule has 0 aliphatic rings. The van der Waals surface area contributed by atoms with Crippen molar-refractivity contribution in [3.63, 3.8) is 0 Å². The van der Waals surface area contributed by atoms with Crippen molar-refractivity contribution >= 4 is 17.8 Å². The van der Waals surface area contributed by atoms with E-state index in [0.29, 0.717) is 11.4 Å². The van der Waals surface area contributed by atoms with Crippen molar-refractivity contribution in [2.45, 2.75) is 6.92 Å². The number of nitrogens with zero attached hydrogens (tertiary/aromatic N) is 2. The van der Waals surface area contributed by atoms with E-state index in [1.165, 1.54) is 6.08 Å². The Morgan fingerprint density at radius 3 is 2.85 bits per heavy atom. The zero-order chi connectivity index (χ0) is 14.4. The van der Waals surface area contributed by atoms with Crippen LogP contribution in [0.25, 0.3) is 6.08 Å². The molecule has 0 atom stereocenters. The van der Waals surface area contributed by atoms with Crippen LogP contribution in [0.15, 0.2) is 48.5 Å². The summed E-state index contributed by atoms with van der Waals surface area (Å²) in [6, 6.07) is 14.5. The number of aromatic nitrogens is 1. The molecule has 0 aliphatic heterocycles. The molecule has 0 unspecified atom stereocenters. The van der Waals surface area contributed by atoms with Gasteiger partial charge in [0.2, 0.25) is 5.91 Å². The standard InChI is InChI=1S/C16H13N3O/c1-12-4-2-7-15(18-12)19-16(20)9-8-13-5-3-6-14(10-13)11-17/h2-10H,1H3,(H,18,19,20). The molecule has 0 saturated heterocycles. The molecule has 1 aromatic carbocycles. The first-order chi connectivity index (χ1) is 9.67. The predicted octanol–water partition coefficient (Wildman–Crippen LogP) is 2.91. The Morgan fingerprint density at radius 1 is 1.30 bits per heavy atom. The van der Waals surface area contributed by atoms with Crippen LogP contribution in [-0.2, 0) is 4.79 Å². The Bertz CT molecular complexity index is 699. The number of pyridine rings is 1. The normalized spacial score (nSPS) is 10.2. The lowest BCUT2D eigenvalue weighted by atomic mass is 10.1. The van der Waals surface area contributed by atoms with Gasteiger partial charge in [-0.05, 0) is 42.8 Å². The van der Waals surface area contributed by atoms with Crippen molar-refractivity contribution in [3.8, 4) is 6.07 Å². The maximum absolute atomic E-state index is 11.7. The van der Waals surface area contributed by atoms with Crippen LogP contribution in [0.5, 0.6) is 0 Å². The van der Waals surface area contributed by atoms with Gasteiger partial charge in [-0.15, -0.1) is 0 Å². The zero-order valence-corrected chi connectivity index (χ0v) is 11.0. The molecule has 98 valence electrons. The quantitative estimate of drug-likeness (QED) is 0.866. The third kappa shape index (κ3) is 3.79. The molecule has 0 radical (unpaired) electrons. The van der Waals surface area contributed by atoms with Crippen molar-refractivity contribution in [2.75, 3.05) is 5.32 Å². The molecule has 4 heteroatoms. The Kier molecular flexibility index (Phi) is 4.25. The first-order valence-electron chi connectivity index (χ1n) is 6.10. The number of nitriles is 1. The van der Waals surface area contributed by atoms with Gasteiger partial charge in [0.1, 0.15) is 5.82 Å². The second-order valence-corrected chi connectivity index (χ2v) is 4.22. The maximum Gasteiger partial charge on any atom is 0.249 e. The Hall–Kier alpha value is -2.93. The zero-order valence-electron chi connectivity index (χ0n) is 11.0. The van der Waals surface area contributed by atoms with Gasteiger partial charge in [-0.2, -0.15) is 5.26 Å². The van der Waals surface area contributed by atoms with Crippen LogP contribution in [0.4, 0.5) is 5.82 Å². The smallest absolute Gasteiger partial charge is 0.249 e. The molecular weight excluding hydrogens is 250 g/mol. The summed E-state index contributed by atoms with van der Waals surface area (Å²) in [7, 11) is 0. The number of anilines is 1. The van der Waals surface area contributed by atoms with E-state index >= 15 is 0 Å². The van der Waals surface area contributed by atoms with Crippen LogP contribution in [0.3, 0.4) is 0 Å². The lowest BCUT2D eigenvalue weighted by Crippen LogP contribution is -2.09. The second-order valence-electron chi connectivity index (χ2n) is 4.22. The minimum Gasteiger partial charge on any atom is -0.307 e. The molecule has 0 saturated carbocycles. The van der Waals surface area contributed by atoms with Gasteiger partial charge in [-0.3, -0.25) is 4.79 Å². The summed E-state index contributed by atoms with van der Waals surface area (Å²) < 4.78 is 0. The topological polar surface area (TPSA) is 65.8 Å². The summed E-state index contributed by atoms with van der Waals surface area (Å²) in [5.74, 6) is 0.260. The van der Waals surface area contributed by atoms with Crippen LogP contribution in [-0.4, -0.2) is 10.9 Å². The molecule has 0 spiro atoms. The summed E-state index contributed by atoms with van der Waals surface area (Å²) in [4.78, 5) is 15.9. The summed E-state index contributed by atoms with van der Waals surface area (Å²) in [5, 5.41) is 11.5. The average Bonchev–Trinajstić information content (AvgIpc) is 2.45. The molecule has 20 heavy (non-hydrogen) atoms. The van der Waals surface area contributed by atoms with Crippen molar-refractivity contribution in [2.24, 2.45) is 0 Å². The highest BCUT2D eigenvalue weighted by Crippen LogP contribution is 2.07. The molecule has 0 fully saturated rings. The minimum atomic E-state index is -0.259. The average molecular weight is 263 g/mol. The first kappa shape index (κ1) is 13.5. The van der Waals surface area contributed by atoms with E-state index in [9.17, 15) is 4.79 Å². The molecule has 1 heterocycles. The van der Waals surface area contributed by atoms with Gasteiger partial charge in [-0.25, -0.2) is 4.98 Å². The highest BCUT2D eigenvalue weighted by Gasteiger charge is 1.99. The molecule has 2 rings (SSSR count). The second kappa shape index (κ2) is 6.30. The maximum atomic E-state index is 11.7. The van der Waals surface area contributed by atoms with E-state index < -0.39 is 0 Å². The molecule has 1 N–H and O–H groups in total. The van der Waals surface area contributed by atoms with Crippen molar-refractivity contribution in [1.29, 1.82) is 5.26 Å². The molecule has 1 amide bonds. The number of hydrogen-bond acceptors (Lipinski definition) is 3. The van der Waals surface area contributed by atoms with Crippen molar-refractivity contribution in [1.82, 2.24) is 4.98 Å². The monoisotopic (exact) mass is 263 g/mol. The minimum absolute atomic E-state index is 0.259. The fraction of sp³-hybridized carbons (Fsp3) is 0.0625. The molecular formula is C16H13N3O. The van der Waals surface area contributed by atoms with Crippen LogP contribution < -0.4 is 5.32 Å². The van der Waals surface area contributed by atoms with E-state index in [1.807, 2.05) is 25.1 Å². The first-order valence-corrected chi connectivity index (χ1v) is 6.10. The summed E-state index contributed by atoms with van der Waals surface area (Å²) in [5.41, 5.74) is 2.21. The van der Waals surface area contributed by atoms with Gasteiger partial charge >= 0.3 is 0 Å². The van der Waals surface area contributed by atoms with Gasteiger partial charge in [0, 0.05) is 11.8 Å². The van der Waals surface area contributed by atoms with Gasteiger partial charge in [0.25, 0.3) is 0 Å². The third-order valence-electron chi connectivity index (χ3n) is 2.58. The highest BCUT2D eigenvalue weighted by molar-refractivity contribution is 6.01. The largest absolute Gasteiger partial charge is 0.307 e. The molecule has 0 aliphatic carbocycles. The number of carbonyl (C=O) groups is 1. The van der Waals surface area contributed by atoms with Crippen LogP contribution in [0.2, 0.25) is 0 Å². The summed E-state index contributed by atoms with van der Waals surface area (Å²) >= 11 is 0. The molecule has 4 nitrogen and oxygen atoms in total. The SMILES string of the molecule is Cc1cccc(NC(=O)C=Cc2cccc(C#N)c2)n1. The number of rotatable bonds is 3. The predicted molar refractivity (Wildman–Crippen MR) is 77.8 cm³/mol. The van der Waals surface area contributed by atoms with E-state index in [0.717, 1.165) is 11.3 Å². The number of nitrogens with one attached hydrogen (secondary N) is 1. The van der Waals surface area contributed by atoms with Gasteiger partial charge in [-0.1, -0.05) is 18.2 Å². The fourth-order valence-corrected chi connectivity index (χ4v) is 1.66. The number of amides is 1. The van der Waals surface area contributed by atoms with E-state index in [2.05, 4.69) is 16.4 Å². The number of aryl methyl sites for hydroxylation is 1. The third-order valence-corrected chi connectivity index (χ3v) is 2.58. The van der Waals surface area contributed by atoms with E-state index in [-0.39, 0.29) is 5.91 Å².